The Hall–Kier alpha value is -10.8. The van der Waals surface area contributed by atoms with Gasteiger partial charge in [0.05, 0.1) is 33.5 Å². The normalized spacial score (nSPS) is 11.2. The minimum absolute atomic E-state index is 0.0485. The molecular weight excluding hydrogens is 1140 g/mol. The third-order valence-corrected chi connectivity index (χ3v) is 16.0. The molecule has 0 aliphatic heterocycles. The zero-order valence-electron chi connectivity index (χ0n) is 56.6. The van der Waals surface area contributed by atoms with Crippen molar-refractivity contribution < 1.29 is 0 Å². The van der Waals surface area contributed by atoms with Gasteiger partial charge in [-0.1, -0.05) is 212 Å². The summed E-state index contributed by atoms with van der Waals surface area (Å²) in [6.45, 7) is 38.5. The van der Waals surface area contributed by atoms with Crippen molar-refractivity contribution in [3.05, 3.63) is 323 Å². The maximum absolute atomic E-state index is 5.37. The summed E-state index contributed by atoms with van der Waals surface area (Å²) in [7, 11) is 0. The van der Waals surface area contributed by atoms with Crippen LogP contribution in [0.15, 0.2) is 312 Å². The van der Waals surface area contributed by atoms with Crippen molar-refractivity contribution in [1.29, 1.82) is 0 Å². The van der Waals surface area contributed by atoms with Crippen LogP contribution in [-0.4, -0.2) is 21.1 Å². The quantitative estimate of drug-likeness (QED) is 0.0711. The number of hydrogen-bond acceptors (Lipinski definition) is 5. The number of fused-ring (bicyclic) bond motifs is 4. The van der Waals surface area contributed by atoms with E-state index in [9.17, 15) is 0 Å². The van der Waals surface area contributed by atoms with E-state index >= 15 is 0 Å². The molecule has 2 heterocycles. The van der Waals surface area contributed by atoms with Gasteiger partial charge in [-0.3, -0.25) is 0 Å². The van der Waals surface area contributed by atoms with Crippen molar-refractivity contribution in [2.24, 2.45) is 5.92 Å². The molecule has 0 aliphatic carbocycles. The molecule has 2 aromatic heterocycles. The molecule has 474 valence electrons. The summed E-state index contributed by atoms with van der Waals surface area (Å²) in [6.07, 6.45) is 16.1. The number of rotatable bonds is 20. The fourth-order valence-electron chi connectivity index (χ4n) is 11.5. The number of nitrogens with zero attached hydrogens (tertiary/aromatic N) is 6. The Kier molecular flexibility index (Phi) is 25.4. The van der Waals surface area contributed by atoms with Gasteiger partial charge in [0.1, 0.15) is 0 Å². The number of anilines is 8. The molecule has 10 aromatic carbocycles. The number of allylic oxidation sites excluding steroid dienone is 5. The first-order valence-corrected chi connectivity index (χ1v) is 33.1. The lowest BCUT2D eigenvalue weighted by Crippen LogP contribution is -2.19. The van der Waals surface area contributed by atoms with Gasteiger partial charge in [-0.2, -0.15) is 0 Å². The first-order valence-electron chi connectivity index (χ1n) is 33.1. The molecule has 0 bridgehead atoms. The Morgan fingerprint density at radius 2 is 0.926 bits per heavy atom. The predicted molar refractivity (Wildman–Crippen MR) is 414 cm³/mol. The molecule has 12 aromatic rings. The van der Waals surface area contributed by atoms with Crippen molar-refractivity contribution in [2.45, 2.75) is 81.1 Å². The van der Waals surface area contributed by atoms with E-state index in [0.717, 1.165) is 103 Å². The minimum atomic E-state index is 0.0485. The average molecular weight is 1230 g/mol. The third-order valence-electron chi connectivity index (χ3n) is 16.0. The molecule has 94 heavy (non-hydrogen) atoms. The standard InChI is InChI=1S/C77H66N6.C4H8.C3H6.2C2H6/c1-7-23-54(4)48-50-81-73-47-45-67(53-69(73)75-56(6)24-21-35-74(75)81)83(62-30-17-12-18-31-62)64-42-38-59(39-43-64)77-76(78-70-33-19-20-34-71(70)79-77)58-36-40-63(41-37-58)82(61-28-15-11-16-29-61)66-44-46-72(68(52-66)55(5)9-3)80(49-8-2)65-32-22-27-60(51-65)57-25-13-10-14-26-57;1-3-4-2;1-3-2;2*1-2/h7-22,24-48,50-55H,1-3,23,49H2,4-6H3;3H,1,4H2,2H3;3H,1H2,2H3;2*1-2H3/b50-48+;;;;. The first-order chi connectivity index (χ1) is 46.1. The molecule has 0 amide bonds. The van der Waals surface area contributed by atoms with Gasteiger partial charge in [0, 0.05) is 86.1 Å². The zero-order valence-corrected chi connectivity index (χ0v) is 56.6. The molecule has 2 unspecified atom stereocenters. The molecule has 0 N–H and O–H groups in total. The first kappa shape index (κ1) is 69.1. The van der Waals surface area contributed by atoms with Crippen molar-refractivity contribution in [2.75, 3.05) is 21.2 Å². The summed E-state index contributed by atoms with van der Waals surface area (Å²) >= 11 is 0. The second kappa shape index (κ2) is 34.6. The summed E-state index contributed by atoms with van der Waals surface area (Å²) in [5.74, 6) is 0.425. The van der Waals surface area contributed by atoms with Crippen LogP contribution in [0.4, 0.5) is 45.5 Å². The highest BCUT2D eigenvalue weighted by atomic mass is 15.2. The summed E-state index contributed by atoms with van der Waals surface area (Å²) in [6, 6.07) is 86.4. The molecule has 0 spiro atoms. The van der Waals surface area contributed by atoms with Crippen molar-refractivity contribution >= 4 is 84.5 Å². The van der Waals surface area contributed by atoms with Crippen molar-refractivity contribution in [3.63, 3.8) is 0 Å². The molecule has 0 saturated heterocycles. The molecule has 0 radical (unpaired) electrons. The Balaban J connectivity index is 0.000000968. The van der Waals surface area contributed by atoms with Crippen LogP contribution in [0.5, 0.6) is 0 Å². The maximum Gasteiger partial charge on any atom is 0.0973 e. The van der Waals surface area contributed by atoms with E-state index in [1.54, 1.807) is 6.08 Å². The maximum atomic E-state index is 5.37. The van der Waals surface area contributed by atoms with Crippen LogP contribution in [0.2, 0.25) is 0 Å². The van der Waals surface area contributed by atoms with Gasteiger partial charge in [-0.25, -0.2) is 9.97 Å². The molecule has 0 saturated carbocycles. The lowest BCUT2D eigenvalue weighted by Gasteiger charge is -2.31. The molecule has 0 fully saturated rings. The van der Waals surface area contributed by atoms with Gasteiger partial charge < -0.3 is 19.3 Å². The van der Waals surface area contributed by atoms with Crippen LogP contribution in [0.25, 0.3) is 72.7 Å². The number of para-hydroxylation sites is 4. The number of aromatic nitrogens is 3. The second-order valence-corrected chi connectivity index (χ2v) is 22.4. The molecular formula is C88H92N6. The minimum Gasteiger partial charge on any atom is -0.337 e. The zero-order chi connectivity index (χ0) is 66.9. The number of aryl methyl sites for hydroxylation is 1. The molecule has 6 nitrogen and oxygen atoms in total. The van der Waals surface area contributed by atoms with Crippen LogP contribution in [0, 0.1) is 12.8 Å². The van der Waals surface area contributed by atoms with Crippen LogP contribution in [0.3, 0.4) is 0 Å². The monoisotopic (exact) mass is 1230 g/mol. The summed E-state index contributed by atoms with van der Waals surface area (Å²) in [5, 5.41) is 2.46. The smallest absolute Gasteiger partial charge is 0.0973 e. The van der Waals surface area contributed by atoms with Crippen LogP contribution in [-0.2, 0) is 0 Å². The highest BCUT2D eigenvalue weighted by molar-refractivity contribution is 6.12. The third kappa shape index (κ3) is 16.1. The lowest BCUT2D eigenvalue weighted by atomic mass is 9.96. The van der Waals surface area contributed by atoms with Crippen molar-refractivity contribution in [3.8, 4) is 33.6 Å². The van der Waals surface area contributed by atoms with Gasteiger partial charge in [0.25, 0.3) is 0 Å². The lowest BCUT2D eigenvalue weighted by molar-refractivity contribution is 0.747. The van der Waals surface area contributed by atoms with Crippen LogP contribution in [0.1, 0.15) is 85.3 Å². The molecule has 0 aliphatic rings. The number of benzene rings is 10. The van der Waals surface area contributed by atoms with Gasteiger partial charge >= 0.3 is 0 Å². The molecule has 6 heteroatoms. The topological polar surface area (TPSA) is 40.4 Å². The van der Waals surface area contributed by atoms with Gasteiger partial charge in [0.2, 0.25) is 0 Å². The highest BCUT2D eigenvalue weighted by Gasteiger charge is 2.23. The van der Waals surface area contributed by atoms with E-state index < -0.39 is 0 Å². The van der Waals surface area contributed by atoms with Crippen LogP contribution >= 0.6 is 0 Å². The summed E-state index contributed by atoms with van der Waals surface area (Å²) < 4.78 is 2.34. The fraction of sp³-hybridized carbons (Fsp3) is 0.159. The van der Waals surface area contributed by atoms with Gasteiger partial charge in [-0.15, -0.1) is 32.9 Å². The van der Waals surface area contributed by atoms with E-state index in [2.05, 4.69) is 311 Å². The average Bonchev–Trinajstić information content (AvgIpc) is 1.52. The molecule has 12 rings (SSSR count). The van der Waals surface area contributed by atoms with Gasteiger partial charge in [0.15, 0.2) is 0 Å². The highest BCUT2D eigenvalue weighted by Crippen LogP contribution is 2.44. The second-order valence-electron chi connectivity index (χ2n) is 22.4. The SMILES string of the molecule is C=CC.C=CCC.C=CCC(C)/C=C/n1c2ccc(N(c3ccccc3)c3ccc(-c4nc5ccccc5nc4-c4ccc(N(c5ccccc5)c5ccc(N(CC=C)c6cccc(-c7ccccc7)c6)c(C(C)C=C)c5)cc4)cc3)cc2c2c(C)cccc21.CC.CC. The molecule has 2 atom stereocenters. The summed E-state index contributed by atoms with van der Waals surface area (Å²) in [5.41, 5.74) is 20.8. The fourth-order valence-corrected chi connectivity index (χ4v) is 11.5. The van der Waals surface area contributed by atoms with E-state index in [-0.39, 0.29) is 5.92 Å². The Bertz CT molecular complexity index is 4450. The Morgan fingerprint density at radius 3 is 1.45 bits per heavy atom. The Morgan fingerprint density at radius 1 is 0.457 bits per heavy atom. The van der Waals surface area contributed by atoms with E-state index in [1.807, 2.05) is 83.2 Å². The predicted octanol–water partition coefficient (Wildman–Crippen LogP) is 26.1. The van der Waals surface area contributed by atoms with E-state index in [4.69, 9.17) is 9.97 Å². The Labute approximate surface area is 560 Å². The van der Waals surface area contributed by atoms with Gasteiger partial charge in [-0.05, 0) is 170 Å². The van der Waals surface area contributed by atoms with E-state index in [0.29, 0.717) is 12.5 Å². The summed E-state index contributed by atoms with van der Waals surface area (Å²) in [4.78, 5) is 17.8. The van der Waals surface area contributed by atoms with Crippen molar-refractivity contribution in [1.82, 2.24) is 14.5 Å². The largest absolute Gasteiger partial charge is 0.337 e. The number of hydrogen-bond donors (Lipinski definition) is 0. The van der Waals surface area contributed by atoms with Crippen LogP contribution < -0.4 is 14.7 Å². The van der Waals surface area contributed by atoms with E-state index in [1.165, 1.54) is 32.9 Å².